The highest BCUT2D eigenvalue weighted by molar-refractivity contribution is 6.11. The van der Waals surface area contributed by atoms with Crippen molar-refractivity contribution in [2.75, 3.05) is 4.90 Å². The summed E-state index contributed by atoms with van der Waals surface area (Å²) in [5.41, 5.74) is 18.8. The van der Waals surface area contributed by atoms with Crippen LogP contribution in [0, 0.1) is 0 Å². The molecule has 0 aliphatic carbocycles. The Morgan fingerprint density at radius 3 is 1.33 bits per heavy atom. The number of nitrogens with zero attached hydrogens (tertiary/aromatic N) is 2. The monoisotopic (exact) mass is 890 g/mol. The van der Waals surface area contributed by atoms with Crippen molar-refractivity contribution in [3.05, 3.63) is 279 Å². The molecule has 13 rings (SSSR count). The maximum absolute atomic E-state index is 2.39. The van der Waals surface area contributed by atoms with Crippen LogP contribution in [0.5, 0.6) is 0 Å². The number of anilines is 3. The number of benzene rings is 12. The Hall–Kier alpha value is -9.24. The highest BCUT2D eigenvalue weighted by atomic mass is 15.1. The molecule has 12 aromatic carbocycles. The summed E-state index contributed by atoms with van der Waals surface area (Å²) in [5, 5.41) is 7.46. The van der Waals surface area contributed by atoms with Gasteiger partial charge >= 0.3 is 0 Å². The Balaban J connectivity index is 0.897. The first-order valence-corrected chi connectivity index (χ1v) is 24.1. The van der Waals surface area contributed by atoms with Crippen molar-refractivity contribution in [1.29, 1.82) is 0 Å². The summed E-state index contributed by atoms with van der Waals surface area (Å²) in [5.74, 6) is 0. The number of fused-ring (bicyclic) bond motifs is 6. The van der Waals surface area contributed by atoms with E-state index < -0.39 is 0 Å². The van der Waals surface area contributed by atoms with Gasteiger partial charge in [-0.15, -0.1) is 0 Å². The highest BCUT2D eigenvalue weighted by Gasteiger charge is 2.19. The molecule has 0 aliphatic heterocycles. The second kappa shape index (κ2) is 17.4. The summed E-state index contributed by atoms with van der Waals surface area (Å²) in [6.07, 6.45) is 0. The molecule has 0 N–H and O–H groups in total. The van der Waals surface area contributed by atoms with Crippen LogP contribution in [0.3, 0.4) is 0 Å². The van der Waals surface area contributed by atoms with E-state index in [9.17, 15) is 0 Å². The Kier molecular flexibility index (Phi) is 10.2. The van der Waals surface area contributed by atoms with Crippen LogP contribution >= 0.6 is 0 Å². The van der Waals surface area contributed by atoms with Crippen molar-refractivity contribution in [2.24, 2.45) is 0 Å². The first kappa shape index (κ1) is 41.0. The lowest BCUT2D eigenvalue weighted by molar-refractivity contribution is 1.18. The largest absolute Gasteiger partial charge is 0.310 e. The minimum atomic E-state index is 1.08. The van der Waals surface area contributed by atoms with Crippen LogP contribution in [-0.2, 0) is 0 Å². The number of para-hydroxylation sites is 2. The molecule has 13 aromatic rings. The molecule has 328 valence electrons. The highest BCUT2D eigenvalue weighted by Crippen LogP contribution is 2.44. The standard InChI is InChI=1S/C68H46N2/c1-3-17-48(18-4-1)58-23-9-11-25-61(58)63-27-13-14-28-64(63)62-26-12-10-24-59(62)50-35-40-55(41-36-50)69(56-42-43-60-52(45-56)32-31-49-19-7-8-22-57(49)60)54-38-33-47(34-39-54)51-37-44-68-66(46-51)65-29-15-16-30-67(65)70(68)53-20-5-2-6-21-53/h1-46H. The summed E-state index contributed by atoms with van der Waals surface area (Å²) in [7, 11) is 0. The van der Waals surface area contributed by atoms with E-state index in [0.29, 0.717) is 0 Å². The van der Waals surface area contributed by atoms with Crippen LogP contribution in [0.15, 0.2) is 279 Å². The number of hydrogen-bond donors (Lipinski definition) is 0. The predicted octanol–water partition coefficient (Wildman–Crippen LogP) is 18.9. The molecular weight excluding hydrogens is 845 g/mol. The van der Waals surface area contributed by atoms with Crippen LogP contribution in [0.2, 0.25) is 0 Å². The molecular formula is C68H46N2. The molecule has 0 spiro atoms. The molecule has 0 radical (unpaired) electrons. The third-order valence-electron chi connectivity index (χ3n) is 14.0. The van der Waals surface area contributed by atoms with E-state index in [-0.39, 0.29) is 0 Å². The van der Waals surface area contributed by atoms with Gasteiger partial charge in [-0.05, 0) is 144 Å². The minimum absolute atomic E-state index is 1.08. The van der Waals surface area contributed by atoms with E-state index in [4.69, 9.17) is 0 Å². The molecule has 70 heavy (non-hydrogen) atoms. The Morgan fingerprint density at radius 1 is 0.229 bits per heavy atom. The van der Waals surface area contributed by atoms with Gasteiger partial charge in [0.1, 0.15) is 0 Å². The molecule has 2 heteroatoms. The lowest BCUT2D eigenvalue weighted by Crippen LogP contribution is -2.09. The van der Waals surface area contributed by atoms with E-state index in [1.54, 1.807) is 0 Å². The Labute approximate surface area is 408 Å². The van der Waals surface area contributed by atoms with Crippen molar-refractivity contribution in [2.45, 2.75) is 0 Å². The van der Waals surface area contributed by atoms with E-state index in [1.165, 1.54) is 93.4 Å². The average Bonchev–Trinajstić information content (AvgIpc) is 3.77. The average molecular weight is 891 g/mol. The second-order valence-electron chi connectivity index (χ2n) is 18.0. The molecule has 0 aliphatic rings. The lowest BCUT2D eigenvalue weighted by atomic mass is 9.87. The van der Waals surface area contributed by atoms with Gasteiger partial charge in [0.2, 0.25) is 0 Å². The van der Waals surface area contributed by atoms with Gasteiger partial charge in [-0.3, -0.25) is 0 Å². The summed E-state index contributed by atoms with van der Waals surface area (Å²) in [4.78, 5) is 2.39. The molecule has 2 nitrogen and oxygen atoms in total. The van der Waals surface area contributed by atoms with Crippen molar-refractivity contribution in [3.63, 3.8) is 0 Å². The zero-order valence-corrected chi connectivity index (χ0v) is 38.5. The van der Waals surface area contributed by atoms with Gasteiger partial charge in [-0.25, -0.2) is 0 Å². The van der Waals surface area contributed by atoms with Crippen molar-refractivity contribution in [3.8, 4) is 61.3 Å². The summed E-state index contributed by atoms with van der Waals surface area (Å²) in [6.45, 7) is 0. The van der Waals surface area contributed by atoms with Crippen LogP contribution in [-0.4, -0.2) is 4.57 Å². The molecule has 0 bridgehead atoms. The summed E-state index contributed by atoms with van der Waals surface area (Å²) in [6, 6.07) is 102. The normalized spacial score (nSPS) is 11.4. The maximum atomic E-state index is 2.39. The van der Waals surface area contributed by atoms with E-state index >= 15 is 0 Å². The molecule has 1 aromatic heterocycles. The van der Waals surface area contributed by atoms with Crippen LogP contribution in [0.25, 0.3) is 105 Å². The summed E-state index contributed by atoms with van der Waals surface area (Å²) >= 11 is 0. The van der Waals surface area contributed by atoms with E-state index in [0.717, 1.165) is 28.3 Å². The predicted molar refractivity (Wildman–Crippen MR) is 298 cm³/mol. The smallest absolute Gasteiger partial charge is 0.0541 e. The minimum Gasteiger partial charge on any atom is -0.310 e. The fourth-order valence-corrected chi connectivity index (χ4v) is 10.7. The molecule has 0 saturated carbocycles. The molecule has 0 fully saturated rings. The number of hydrogen-bond acceptors (Lipinski definition) is 1. The first-order valence-electron chi connectivity index (χ1n) is 24.1. The van der Waals surface area contributed by atoms with Gasteiger partial charge < -0.3 is 9.47 Å². The first-order chi connectivity index (χ1) is 34.7. The van der Waals surface area contributed by atoms with Crippen LogP contribution < -0.4 is 4.90 Å². The maximum Gasteiger partial charge on any atom is 0.0541 e. The third-order valence-corrected chi connectivity index (χ3v) is 14.0. The molecule has 0 saturated heterocycles. The van der Waals surface area contributed by atoms with Gasteiger partial charge in [-0.1, -0.05) is 212 Å². The van der Waals surface area contributed by atoms with Crippen molar-refractivity contribution >= 4 is 60.4 Å². The van der Waals surface area contributed by atoms with E-state index in [2.05, 4.69) is 289 Å². The van der Waals surface area contributed by atoms with Crippen LogP contribution in [0.4, 0.5) is 17.1 Å². The zero-order valence-electron chi connectivity index (χ0n) is 38.5. The van der Waals surface area contributed by atoms with Gasteiger partial charge in [0.25, 0.3) is 0 Å². The lowest BCUT2D eigenvalue weighted by Gasteiger charge is -2.26. The number of rotatable bonds is 9. The van der Waals surface area contributed by atoms with Crippen molar-refractivity contribution in [1.82, 2.24) is 4.57 Å². The fraction of sp³-hybridized carbons (Fsp3) is 0. The van der Waals surface area contributed by atoms with Crippen LogP contribution in [0.1, 0.15) is 0 Å². The number of aromatic nitrogens is 1. The Bertz CT molecular complexity index is 4040. The molecule has 0 atom stereocenters. The van der Waals surface area contributed by atoms with E-state index in [1.807, 2.05) is 0 Å². The molecule has 1 heterocycles. The third kappa shape index (κ3) is 7.22. The summed E-state index contributed by atoms with van der Waals surface area (Å²) < 4.78 is 2.37. The molecule has 0 amide bonds. The molecule has 0 unspecified atom stereocenters. The van der Waals surface area contributed by atoms with Gasteiger partial charge in [-0.2, -0.15) is 0 Å². The fourth-order valence-electron chi connectivity index (χ4n) is 10.7. The van der Waals surface area contributed by atoms with Crippen molar-refractivity contribution < 1.29 is 0 Å². The quantitative estimate of drug-likeness (QED) is 0.131. The topological polar surface area (TPSA) is 8.17 Å². The van der Waals surface area contributed by atoms with Gasteiger partial charge in [0.05, 0.1) is 11.0 Å². The Morgan fingerprint density at radius 2 is 0.671 bits per heavy atom. The van der Waals surface area contributed by atoms with Gasteiger partial charge in [0, 0.05) is 33.5 Å². The SMILES string of the molecule is c1ccc(-c2ccccc2-c2ccccc2-c2ccccc2-c2ccc(N(c3ccc(-c4ccc5c(c4)c4ccccc4n5-c4ccccc4)cc3)c3ccc4c(ccc5ccccc54)c3)cc2)cc1. The van der Waals surface area contributed by atoms with Gasteiger partial charge in [0.15, 0.2) is 0 Å². The second-order valence-corrected chi connectivity index (χ2v) is 18.0. The zero-order chi connectivity index (χ0) is 46.4.